The quantitative estimate of drug-likeness (QED) is 0.437. The normalized spacial score (nSPS) is 11.8. The minimum Gasteiger partial charge on any atom is -0.467 e. The molecular weight excluding hydrogens is 396 g/mol. The molecule has 150 valence electrons. The van der Waals surface area contributed by atoms with E-state index in [0.29, 0.717) is 16.6 Å². The van der Waals surface area contributed by atoms with E-state index in [-0.39, 0.29) is 17.7 Å². The monoisotopic (exact) mass is 416 g/mol. The van der Waals surface area contributed by atoms with Crippen molar-refractivity contribution < 1.29 is 9.21 Å². The lowest BCUT2D eigenvalue weighted by atomic mass is 10.0. The molecule has 0 fully saturated rings. The summed E-state index contributed by atoms with van der Waals surface area (Å²) in [6.07, 6.45) is 1.59. The summed E-state index contributed by atoms with van der Waals surface area (Å²) in [5.74, 6) is 0.775. The van der Waals surface area contributed by atoms with Crippen LogP contribution < -0.4 is 5.32 Å². The predicted octanol–water partition coefficient (Wildman–Crippen LogP) is 4.77. The van der Waals surface area contributed by atoms with Gasteiger partial charge < -0.3 is 9.73 Å². The standard InChI is InChI=1S/C23H20N4O2S/c1-16(19-13-8-14-29-19)24-20(28)15-30-23-25-21(17-9-4-2-5-10-17)22(26-27-23)18-11-6-3-7-12-18/h2-14,16H,15H2,1H3,(H,24,28)/t16-/m0/s1. The fourth-order valence-electron chi connectivity index (χ4n) is 2.98. The number of aromatic nitrogens is 3. The molecule has 0 saturated carbocycles. The van der Waals surface area contributed by atoms with Crippen LogP contribution in [-0.2, 0) is 4.79 Å². The summed E-state index contributed by atoms with van der Waals surface area (Å²) in [7, 11) is 0. The van der Waals surface area contributed by atoms with E-state index in [1.165, 1.54) is 11.8 Å². The average molecular weight is 417 g/mol. The van der Waals surface area contributed by atoms with Crippen molar-refractivity contribution in [2.75, 3.05) is 5.75 Å². The molecule has 7 heteroatoms. The first-order valence-corrected chi connectivity index (χ1v) is 10.5. The van der Waals surface area contributed by atoms with Crippen molar-refractivity contribution >= 4 is 17.7 Å². The summed E-state index contributed by atoms with van der Waals surface area (Å²) in [4.78, 5) is 17.0. The number of hydrogen-bond donors (Lipinski definition) is 1. The minimum absolute atomic E-state index is 0.124. The van der Waals surface area contributed by atoms with Gasteiger partial charge >= 0.3 is 0 Å². The SMILES string of the molecule is C[C@H](NC(=O)CSc1nnc(-c2ccccc2)c(-c2ccccc2)n1)c1ccco1. The molecule has 0 aliphatic heterocycles. The van der Waals surface area contributed by atoms with Crippen LogP contribution in [0.25, 0.3) is 22.5 Å². The largest absolute Gasteiger partial charge is 0.467 e. The molecule has 0 bridgehead atoms. The maximum Gasteiger partial charge on any atom is 0.231 e. The molecule has 30 heavy (non-hydrogen) atoms. The van der Waals surface area contributed by atoms with E-state index in [1.807, 2.05) is 73.7 Å². The second-order valence-corrected chi connectivity index (χ2v) is 7.56. The first kappa shape index (κ1) is 19.8. The maximum absolute atomic E-state index is 12.3. The number of hydrogen-bond acceptors (Lipinski definition) is 6. The lowest BCUT2D eigenvalue weighted by molar-refractivity contribution is -0.119. The Balaban J connectivity index is 1.52. The van der Waals surface area contributed by atoms with Crippen molar-refractivity contribution in [1.82, 2.24) is 20.5 Å². The molecule has 1 atom stereocenters. The van der Waals surface area contributed by atoms with E-state index in [9.17, 15) is 4.79 Å². The van der Waals surface area contributed by atoms with Crippen LogP contribution in [0, 0.1) is 0 Å². The molecule has 0 unspecified atom stereocenters. The van der Waals surface area contributed by atoms with Crippen molar-refractivity contribution in [1.29, 1.82) is 0 Å². The van der Waals surface area contributed by atoms with Crippen LogP contribution in [0.4, 0.5) is 0 Å². The Morgan fingerprint density at radius 3 is 2.23 bits per heavy atom. The highest BCUT2D eigenvalue weighted by Crippen LogP contribution is 2.29. The minimum atomic E-state index is -0.201. The summed E-state index contributed by atoms with van der Waals surface area (Å²) in [6.45, 7) is 1.88. The molecule has 1 N–H and O–H groups in total. The zero-order chi connectivity index (χ0) is 20.8. The van der Waals surface area contributed by atoms with Crippen molar-refractivity contribution in [2.24, 2.45) is 0 Å². The smallest absolute Gasteiger partial charge is 0.231 e. The Morgan fingerprint density at radius 2 is 1.60 bits per heavy atom. The van der Waals surface area contributed by atoms with Gasteiger partial charge in [-0.3, -0.25) is 4.79 Å². The van der Waals surface area contributed by atoms with Crippen molar-refractivity contribution in [2.45, 2.75) is 18.1 Å². The lowest BCUT2D eigenvalue weighted by Gasteiger charge is -2.11. The summed E-state index contributed by atoms with van der Waals surface area (Å²) >= 11 is 1.25. The van der Waals surface area contributed by atoms with Gasteiger partial charge in [0.25, 0.3) is 0 Å². The predicted molar refractivity (Wildman–Crippen MR) is 117 cm³/mol. The van der Waals surface area contributed by atoms with E-state index in [2.05, 4.69) is 15.5 Å². The summed E-state index contributed by atoms with van der Waals surface area (Å²) in [6, 6.07) is 23.1. The third kappa shape index (κ3) is 4.75. The van der Waals surface area contributed by atoms with Crippen LogP contribution in [0.15, 0.2) is 88.6 Å². The number of thioether (sulfide) groups is 1. The maximum atomic E-state index is 12.3. The third-order valence-electron chi connectivity index (χ3n) is 4.44. The summed E-state index contributed by atoms with van der Waals surface area (Å²) in [5.41, 5.74) is 3.34. The summed E-state index contributed by atoms with van der Waals surface area (Å²) in [5, 5.41) is 12.0. The highest BCUT2D eigenvalue weighted by atomic mass is 32.2. The highest BCUT2D eigenvalue weighted by Gasteiger charge is 2.16. The molecule has 0 radical (unpaired) electrons. The van der Waals surface area contributed by atoms with Crippen LogP contribution in [0.2, 0.25) is 0 Å². The number of furan rings is 1. The number of nitrogens with zero attached hydrogens (tertiary/aromatic N) is 3. The van der Waals surface area contributed by atoms with Crippen LogP contribution in [0.1, 0.15) is 18.7 Å². The Hall–Kier alpha value is -3.45. The number of benzene rings is 2. The first-order chi connectivity index (χ1) is 14.7. The molecule has 4 aromatic rings. The highest BCUT2D eigenvalue weighted by molar-refractivity contribution is 7.99. The van der Waals surface area contributed by atoms with Gasteiger partial charge in [0.2, 0.25) is 11.1 Å². The zero-order valence-electron chi connectivity index (χ0n) is 16.4. The number of amides is 1. The van der Waals surface area contributed by atoms with E-state index in [1.54, 1.807) is 12.3 Å². The molecule has 0 spiro atoms. The Morgan fingerprint density at radius 1 is 0.933 bits per heavy atom. The lowest BCUT2D eigenvalue weighted by Crippen LogP contribution is -2.28. The number of carbonyl (C=O) groups is 1. The van der Waals surface area contributed by atoms with E-state index < -0.39 is 0 Å². The van der Waals surface area contributed by atoms with E-state index in [4.69, 9.17) is 9.40 Å². The Bertz CT molecular complexity index is 1100. The molecule has 0 aliphatic carbocycles. The second kappa shape index (κ2) is 9.37. The van der Waals surface area contributed by atoms with Crippen molar-refractivity contribution in [3.63, 3.8) is 0 Å². The molecule has 2 aromatic carbocycles. The fraction of sp³-hybridized carbons (Fsp3) is 0.130. The van der Waals surface area contributed by atoms with Crippen LogP contribution >= 0.6 is 11.8 Å². The molecule has 2 heterocycles. The van der Waals surface area contributed by atoms with Gasteiger partial charge in [-0.25, -0.2) is 4.98 Å². The number of nitrogens with one attached hydrogen (secondary N) is 1. The summed E-state index contributed by atoms with van der Waals surface area (Å²) < 4.78 is 5.32. The van der Waals surface area contributed by atoms with Gasteiger partial charge in [0.15, 0.2) is 0 Å². The van der Waals surface area contributed by atoms with Crippen LogP contribution in [0.5, 0.6) is 0 Å². The van der Waals surface area contributed by atoms with Crippen LogP contribution in [-0.4, -0.2) is 26.8 Å². The van der Waals surface area contributed by atoms with Gasteiger partial charge in [-0.15, -0.1) is 10.2 Å². The number of carbonyl (C=O) groups excluding carboxylic acids is 1. The molecular formula is C23H20N4O2S. The van der Waals surface area contributed by atoms with Gasteiger partial charge in [0, 0.05) is 11.1 Å². The molecule has 1 amide bonds. The Kier molecular flexibility index (Phi) is 6.20. The molecule has 0 saturated heterocycles. The first-order valence-electron chi connectivity index (χ1n) is 9.52. The second-order valence-electron chi connectivity index (χ2n) is 6.62. The van der Waals surface area contributed by atoms with Gasteiger partial charge in [0.1, 0.15) is 17.1 Å². The topological polar surface area (TPSA) is 80.9 Å². The molecule has 2 aromatic heterocycles. The molecule has 0 aliphatic rings. The van der Waals surface area contributed by atoms with E-state index in [0.717, 1.165) is 16.8 Å². The van der Waals surface area contributed by atoms with Gasteiger partial charge in [-0.2, -0.15) is 0 Å². The average Bonchev–Trinajstić information content (AvgIpc) is 3.34. The van der Waals surface area contributed by atoms with Gasteiger partial charge in [-0.05, 0) is 19.1 Å². The Labute approximate surface area is 178 Å². The third-order valence-corrected chi connectivity index (χ3v) is 5.28. The van der Waals surface area contributed by atoms with Gasteiger partial charge in [-0.1, -0.05) is 72.4 Å². The number of rotatable bonds is 7. The fourth-order valence-corrected chi connectivity index (χ4v) is 3.58. The van der Waals surface area contributed by atoms with Gasteiger partial charge in [0.05, 0.1) is 18.1 Å². The molecule has 6 nitrogen and oxygen atoms in total. The molecule has 4 rings (SSSR count). The van der Waals surface area contributed by atoms with Crippen molar-refractivity contribution in [3.05, 3.63) is 84.8 Å². The van der Waals surface area contributed by atoms with E-state index >= 15 is 0 Å². The zero-order valence-corrected chi connectivity index (χ0v) is 17.2. The van der Waals surface area contributed by atoms with Crippen molar-refractivity contribution in [3.8, 4) is 22.5 Å². The van der Waals surface area contributed by atoms with Crippen LogP contribution in [0.3, 0.4) is 0 Å².